The molecule has 0 atom stereocenters. The second kappa shape index (κ2) is 10.8. The molecule has 174 valence electrons. The van der Waals surface area contributed by atoms with Gasteiger partial charge in [0.1, 0.15) is 23.2 Å². The molecule has 0 radical (unpaired) electrons. The third kappa shape index (κ3) is 5.81. The van der Waals surface area contributed by atoms with Gasteiger partial charge in [0.05, 0.1) is 17.7 Å². The van der Waals surface area contributed by atoms with Crippen molar-refractivity contribution < 1.29 is 23.6 Å². The van der Waals surface area contributed by atoms with E-state index in [9.17, 15) is 20.2 Å². The number of hydrogen-bond donors (Lipinski definition) is 1. The molecule has 34 heavy (non-hydrogen) atoms. The second-order valence-electron chi connectivity index (χ2n) is 7.19. The molecule has 0 aliphatic carbocycles. The number of pyridine rings is 1. The van der Waals surface area contributed by atoms with Gasteiger partial charge in [0.15, 0.2) is 6.61 Å². The molecule has 2 heterocycles. The molecule has 11 heteroatoms. The number of carbonyl (C=O) groups is 1. The van der Waals surface area contributed by atoms with Crippen LogP contribution in [-0.4, -0.2) is 35.7 Å². The van der Waals surface area contributed by atoms with Gasteiger partial charge in [0.2, 0.25) is 5.88 Å². The fourth-order valence-corrected chi connectivity index (χ4v) is 3.09. The molecule has 0 aliphatic heterocycles. The van der Waals surface area contributed by atoms with Gasteiger partial charge in [-0.25, -0.2) is 10.4 Å². The first-order chi connectivity index (χ1) is 16.3. The number of nitro benzene ring substituents is 1. The SMILES string of the molecule is COCc1cc(C)nc(OCC(=O)N/N=C/c2ccc(-c3cc([N+](=O)[O-])ccc3C)o2)c1C#N. The number of nitrogens with zero attached hydrogens (tertiary/aromatic N) is 4. The van der Waals surface area contributed by atoms with E-state index in [-0.39, 0.29) is 23.7 Å². The van der Waals surface area contributed by atoms with Crippen LogP contribution < -0.4 is 10.2 Å². The fourth-order valence-electron chi connectivity index (χ4n) is 3.09. The molecule has 3 aromatic rings. The van der Waals surface area contributed by atoms with E-state index >= 15 is 0 Å². The molecule has 0 aliphatic rings. The summed E-state index contributed by atoms with van der Waals surface area (Å²) in [6.45, 7) is 3.35. The number of amides is 1. The van der Waals surface area contributed by atoms with E-state index in [0.29, 0.717) is 28.3 Å². The Morgan fingerprint density at radius 2 is 2.12 bits per heavy atom. The van der Waals surface area contributed by atoms with E-state index in [0.717, 1.165) is 5.56 Å². The highest BCUT2D eigenvalue weighted by Gasteiger charge is 2.15. The fraction of sp³-hybridized carbons (Fsp3) is 0.217. The second-order valence-corrected chi connectivity index (χ2v) is 7.19. The van der Waals surface area contributed by atoms with Crippen LogP contribution in [0.2, 0.25) is 0 Å². The number of hydrogen-bond acceptors (Lipinski definition) is 9. The Labute approximate surface area is 194 Å². The smallest absolute Gasteiger partial charge is 0.278 e. The van der Waals surface area contributed by atoms with Crippen LogP contribution in [-0.2, 0) is 16.1 Å². The number of benzene rings is 1. The van der Waals surface area contributed by atoms with Crippen molar-refractivity contribution in [3.63, 3.8) is 0 Å². The third-order valence-corrected chi connectivity index (χ3v) is 4.65. The zero-order valence-electron chi connectivity index (χ0n) is 18.7. The highest BCUT2D eigenvalue weighted by atomic mass is 16.6. The molecule has 2 aromatic heterocycles. The lowest BCUT2D eigenvalue weighted by atomic mass is 10.1. The van der Waals surface area contributed by atoms with E-state index in [4.69, 9.17) is 13.9 Å². The number of rotatable bonds is 9. The van der Waals surface area contributed by atoms with Gasteiger partial charge in [-0.2, -0.15) is 10.4 Å². The number of hydrazone groups is 1. The van der Waals surface area contributed by atoms with Gasteiger partial charge in [-0.3, -0.25) is 14.9 Å². The van der Waals surface area contributed by atoms with Crippen molar-refractivity contribution in [2.75, 3.05) is 13.7 Å². The molecule has 3 rings (SSSR count). The maximum absolute atomic E-state index is 12.1. The lowest BCUT2D eigenvalue weighted by Crippen LogP contribution is -2.25. The van der Waals surface area contributed by atoms with Gasteiger partial charge < -0.3 is 13.9 Å². The molecular formula is C23H21N5O6. The Hall–Kier alpha value is -4.56. The van der Waals surface area contributed by atoms with Crippen molar-refractivity contribution >= 4 is 17.8 Å². The Balaban J connectivity index is 1.62. The van der Waals surface area contributed by atoms with Crippen LogP contribution in [0.3, 0.4) is 0 Å². The largest absolute Gasteiger partial charge is 0.467 e. The number of furan rings is 1. The molecule has 1 amide bonds. The number of non-ortho nitro benzene ring substituents is 1. The van der Waals surface area contributed by atoms with E-state index < -0.39 is 17.4 Å². The van der Waals surface area contributed by atoms with Crippen LogP contribution >= 0.6 is 0 Å². The van der Waals surface area contributed by atoms with Crippen molar-refractivity contribution in [2.24, 2.45) is 5.10 Å². The van der Waals surface area contributed by atoms with Crippen LogP contribution in [0.15, 0.2) is 45.9 Å². The molecule has 0 spiro atoms. The summed E-state index contributed by atoms with van der Waals surface area (Å²) in [4.78, 5) is 26.8. The highest BCUT2D eigenvalue weighted by molar-refractivity contribution is 5.82. The number of nitriles is 1. The van der Waals surface area contributed by atoms with Gasteiger partial charge in [-0.05, 0) is 37.6 Å². The van der Waals surface area contributed by atoms with Crippen LogP contribution in [0, 0.1) is 35.3 Å². The maximum atomic E-state index is 12.1. The van der Waals surface area contributed by atoms with Gasteiger partial charge >= 0.3 is 0 Å². The molecular weight excluding hydrogens is 442 g/mol. The predicted octanol–water partition coefficient (Wildman–Crippen LogP) is 3.41. The number of nitrogens with one attached hydrogen (secondary N) is 1. The van der Waals surface area contributed by atoms with E-state index in [1.807, 2.05) is 13.0 Å². The highest BCUT2D eigenvalue weighted by Crippen LogP contribution is 2.28. The minimum atomic E-state index is -0.571. The summed E-state index contributed by atoms with van der Waals surface area (Å²) in [7, 11) is 1.51. The summed E-state index contributed by atoms with van der Waals surface area (Å²) < 4.78 is 16.2. The van der Waals surface area contributed by atoms with Gasteiger partial charge in [-0.15, -0.1) is 0 Å². The quantitative estimate of drug-likeness (QED) is 0.288. The van der Waals surface area contributed by atoms with Gasteiger partial charge in [0, 0.05) is 36.1 Å². The molecule has 1 aromatic carbocycles. The summed E-state index contributed by atoms with van der Waals surface area (Å²) in [6.07, 6.45) is 1.29. The van der Waals surface area contributed by atoms with E-state index in [1.165, 1.54) is 25.5 Å². The van der Waals surface area contributed by atoms with Crippen molar-refractivity contribution in [1.82, 2.24) is 10.4 Å². The first-order valence-electron chi connectivity index (χ1n) is 10.0. The number of carbonyl (C=O) groups excluding carboxylic acids is 1. The third-order valence-electron chi connectivity index (χ3n) is 4.65. The van der Waals surface area contributed by atoms with E-state index in [2.05, 4.69) is 15.5 Å². The lowest BCUT2D eigenvalue weighted by molar-refractivity contribution is -0.384. The summed E-state index contributed by atoms with van der Waals surface area (Å²) >= 11 is 0. The maximum Gasteiger partial charge on any atom is 0.278 e. The summed E-state index contributed by atoms with van der Waals surface area (Å²) in [5.41, 5.74) is 5.07. The standard InChI is InChI=1S/C23H21N5O6/c1-14-4-5-17(28(30)31)9-19(14)21-7-6-18(34-21)11-25-27-22(29)13-33-23-20(10-24)16(12-32-3)8-15(2)26-23/h4-9,11H,12-13H2,1-3H3,(H,27,29)/b25-11+. The number of aryl methyl sites for hydroxylation is 2. The van der Waals surface area contributed by atoms with Crippen molar-refractivity contribution in [1.29, 1.82) is 5.26 Å². The van der Waals surface area contributed by atoms with Crippen molar-refractivity contribution in [3.8, 4) is 23.3 Å². The average Bonchev–Trinajstić information content (AvgIpc) is 3.26. The number of aromatic nitrogens is 1. The van der Waals surface area contributed by atoms with Crippen molar-refractivity contribution in [2.45, 2.75) is 20.5 Å². The number of methoxy groups -OCH3 is 1. The molecule has 0 unspecified atom stereocenters. The lowest BCUT2D eigenvalue weighted by Gasteiger charge is -2.10. The molecule has 0 fully saturated rings. The van der Waals surface area contributed by atoms with E-state index in [1.54, 1.807) is 31.2 Å². The summed E-state index contributed by atoms with van der Waals surface area (Å²) in [5.74, 6) is 0.229. The number of ether oxygens (including phenoxy) is 2. The van der Waals surface area contributed by atoms with Gasteiger partial charge in [-0.1, -0.05) is 6.07 Å². The molecule has 11 nitrogen and oxygen atoms in total. The normalized spacial score (nSPS) is 10.8. The minimum Gasteiger partial charge on any atom is -0.467 e. The van der Waals surface area contributed by atoms with Crippen LogP contribution in [0.1, 0.15) is 28.1 Å². The zero-order valence-corrected chi connectivity index (χ0v) is 18.7. The van der Waals surface area contributed by atoms with Gasteiger partial charge in [0.25, 0.3) is 11.6 Å². The Morgan fingerprint density at radius 1 is 1.32 bits per heavy atom. The monoisotopic (exact) mass is 463 g/mol. The van der Waals surface area contributed by atoms with Crippen LogP contribution in [0.25, 0.3) is 11.3 Å². The summed E-state index contributed by atoms with van der Waals surface area (Å²) in [6, 6.07) is 11.5. The van der Waals surface area contributed by atoms with Crippen molar-refractivity contribution in [3.05, 3.63) is 74.7 Å². The summed E-state index contributed by atoms with van der Waals surface area (Å²) in [5, 5.41) is 24.3. The first kappa shape index (κ1) is 24.1. The molecule has 0 saturated carbocycles. The Morgan fingerprint density at radius 3 is 2.82 bits per heavy atom. The molecule has 1 N–H and O–H groups in total. The Kier molecular flexibility index (Phi) is 7.68. The molecule has 0 bridgehead atoms. The van der Waals surface area contributed by atoms with Crippen LogP contribution in [0.4, 0.5) is 5.69 Å². The molecule has 0 saturated heterocycles. The first-order valence-corrected chi connectivity index (χ1v) is 10.0. The minimum absolute atomic E-state index is 0.0386. The zero-order chi connectivity index (χ0) is 24.7. The van der Waals surface area contributed by atoms with Crippen LogP contribution in [0.5, 0.6) is 5.88 Å². The topological polar surface area (TPSA) is 153 Å². The Bertz CT molecular complexity index is 1290. The number of nitro groups is 1. The predicted molar refractivity (Wildman–Crippen MR) is 121 cm³/mol. The average molecular weight is 463 g/mol.